The van der Waals surface area contributed by atoms with Crippen LogP contribution in [0.4, 0.5) is 19.0 Å². The number of halogens is 4. The van der Waals surface area contributed by atoms with Crippen molar-refractivity contribution in [2.45, 2.75) is 32.0 Å². The Morgan fingerprint density at radius 3 is 2.63 bits per heavy atom. The number of amides is 2. The van der Waals surface area contributed by atoms with Crippen LogP contribution in [0.1, 0.15) is 41.7 Å². The summed E-state index contributed by atoms with van der Waals surface area (Å²) < 4.78 is 41.4. The molecule has 10 heteroatoms. The van der Waals surface area contributed by atoms with E-state index in [4.69, 9.17) is 11.6 Å². The minimum absolute atomic E-state index is 0.00882. The lowest BCUT2D eigenvalue weighted by Crippen LogP contribution is -2.27. The molecule has 1 aliphatic rings. The maximum atomic E-state index is 12.6. The predicted octanol–water partition coefficient (Wildman–Crippen LogP) is 4.52. The van der Waals surface area contributed by atoms with Gasteiger partial charge in [0.1, 0.15) is 11.6 Å². The summed E-state index contributed by atoms with van der Waals surface area (Å²) in [7, 11) is 0. The van der Waals surface area contributed by atoms with Gasteiger partial charge in [-0.05, 0) is 49.6 Å². The molecule has 0 spiro atoms. The van der Waals surface area contributed by atoms with E-state index in [1.807, 2.05) is 0 Å². The Bertz CT molecular complexity index is 948. The Morgan fingerprint density at radius 2 is 2.00 bits per heavy atom. The van der Waals surface area contributed by atoms with Gasteiger partial charge in [0, 0.05) is 22.7 Å². The summed E-state index contributed by atoms with van der Waals surface area (Å²) in [5.74, 6) is -0.260. The molecule has 1 aromatic carbocycles. The number of ether oxygens (including phenoxy) is 1. The Kier molecular flexibility index (Phi) is 6.50. The highest BCUT2D eigenvalue weighted by Gasteiger charge is 2.30. The summed E-state index contributed by atoms with van der Waals surface area (Å²) >= 11 is 6.15. The number of hydrogen-bond acceptors (Lipinski definition) is 4. The topological polar surface area (TPSA) is 80.3 Å². The van der Waals surface area contributed by atoms with Gasteiger partial charge in [-0.3, -0.25) is 9.59 Å². The van der Waals surface area contributed by atoms with E-state index in [9.17, 15) is 22.8 Å². The zero-order chi connectivity index (χ0) is 21.9. The summed E-state index contributed by atoms with van der Waals surface area (Å²) in [5.41, 5.74) is 0.810. The van der Waals surface area contributed by atoms with Gasteiger partial charge in [-0.15, -0.1) is 0 Å². The number of nitrogens with zero attached hydrogens (tertiary/aromatic N) is 1. The van der Waals surface area contributed by atoms with Crippen LogP contribution >= 0.6 is 11.6 Å². The molecule has 1 atom stereocenters. The van der Waals surface area contributed by atoms with Crippen LogP contribution in [0, 0.1) is 5.92 Å². The Morgan fingerprint density at radius 1 is 1.27 bits per heavy atom. The van der Waals surface area contributed by atoms with E-state index in [0.717, 1.165) is 12.8 Å². The molecule has 0 radical (unpaired) electrons. The zero-order valence-electron chi connectivity index (χ0n) is 15.9. The maximum absolute atomic E-state index is 12.6. The fraction of sp³-hybridized carbons (Fsp3) is 0.350. The summed E-state index contributed by atoms with van der Waals surface area (Å²) in [4.78, 5) is 28.4. The molecular weight excluding hydrogens is 423 g/mol. The van der Waals surface area contributed by atoms with Crippen LogP contribution in [0.25, 0.3) is 0 Å². The lowest BCUT2D eigenvalue weighted by atomic mass is 10.1. The number of benzene rings is 1. The molecule has 1 aromatic heterocycles. The van der Waals surface area contributed by atoms with Gasteiger partial charge in [0.15, 0.2) is 6.61 Å². The molecule has 30 heavy (non-hydrogen) atoms. The molecule has 0 aliphatic heterocycles. The van der Waals surface area contributed by atoms with Crippen LogP contribution in [0.3, 0.4) is 0 Å². The fourth-order valence-electron chi connectivity index (χ4n) is 2.69. The van der Waals surface area contributed by atoms with Crippen molar-refractivity contribution < 1.29 is 27.5 Å². The van der Waals surface area contributed by atoms with Crippen molar-refractivity contribution in [2.75, 3.05) is 11.9 Å². The largest absolute Gasteiger partial charge is 0.484 e. The van der Waals surface area contributed by atoms with Crippen LogP contribution in [0.2, 0.25) is 5.02 Å². The number of carbonyl (C=O) groups excluding carboxylic acids is 2. The molecule has 160 valence electrons. The first-order valence-corrected chi connectivity index (χ1v) is 9.57. The normalized spacial score (nSPS) is 14.7. The molecule has 1 heterocycles. The van der Waals surface area contributed by atoms with Crippen LogP contribution < -0.4 is 15.4 Å². The third-order valence-corrected chi connectivity index (χ3v) is 4.74. The van der Waals surface area contributed by atoms with Crippen LogP contribution in [0.15, 0.2) is 36.5 Å². The molecule has 0 bridgehead atoms. The zero-order valence-corrected chi connectivity index (χ0v) is 16.7. The lowest BCUT2D eigenvalue weighted by molar-refractivity contribution is -0.153. The first-order valence-electron chi connectivity index (χ1n) is 9.19. The Hall–Kier alpha value is -2.81. The standard InChI is InChI=1S/C20H19ClF3N3O3/c1-11(15-5-4-14(9-16(15)21)30-10-20(22,23)24)26-19(29)13-6-7-25-17(8-13)27-18(28)12-2-3-12/h4-9,11-12H,2-3,10H2,1H3,(H,26,29)(H,25,27,28). The third-order valence-electron chi connectivity index (χ3n) is 4.41. The third kappa shape index (κ3) is 6.09. The van der Waals surface area contributed by atoms with Crippen molar-refractivity contribution in [1.29, 1.82) is 0 Å². The molecule has 1 unspecified atom stereocenters. The van der Waals surface area contributed by atoms with Gasteiger partial charge < -0.3 is 15.4 Å². The molecular formula is C20H19ClF3N3O3. The van der Waals surface area contributed by atoms with Crippen LogP contribution in [0.5, 0.6) is 5.75 Å². The molecule has 2 N–H and O–H groups in total. The molecule has 1 fully saturated rings. The summed E-state index contributed by atoms with van der Waals surface area (Å²) in [6, 6.07) is 6.56. The highest BCUT2D eigenvalue weighted by atomic mass is 35.5. The Labute approximate surface area is 175 Å². The number of hydrogen-bond donors (Lipinski definition) is 2. The number of nitrogens with one attached hydrogen (secondary N) is 2. The van der Waals surface area contributed by atoms with E-state index >= 15 is 0 Å². The molecule has 2 aromatic rings. The van der Waals surface area contributed by atoms with E-state index in [0.29, 0.717) is 11.1 Å². The van der Waals surface area contributed by atoms with Crippen molar-refractivity contribution in [2.24, 2.45) is 5.92 Å². The minimum atomic E-state index is -4.45. The first kappa shape index (κ1) is 21.9. The van der Waals surface area contributed by atoms with Gasteiger partial charge in [0.2, 0.25) is 5.91 Å². The van der Waals surface area contributed by atoms with Crippen molar-refractivity contribution in [3.63, 3.8) is 0 Å². The highest BCUT2D eigenvalue weighted by molar-refractivity contribution is 6.31. The van der Waals surface area contributed by atoms with Gasteiger partial charge >= 0.3 is 6.18 Å². The van der Waals surface area contributed by atoms with Crippen molar-refractivity contribution in [3.05, 3.63) is 52.7 Å². The van der Waals surface area contributed by atoms with Gasteiger partial charge in [-0.2, -0.15) is 13.2 Å². The Balaban J connectivity index is 1.63. The van der Waals surface area contributed by atoms with Gasteiger partial charge in [0.05, 0.1) is 6.04 Å². The average Bonchev–Trinajstić information content (AvgIpc) is 3.51. The van der Waals surface area contributed by atoms with Gasteiger partial charge in [0.25, 0.3) is 5.91 Å². The van der Waals surface area contributed by atoms with Crippen molar-refractivity contribution in [1.82, 2.24) is 10.3 Å². The average molecular weight is 442 g/mol. The lowest BCUT2D eigenvalue weighted by Gasteiger charge is -2.17. The molecule has 6 nitrogen and oxygen atoms in total. The summed E-state index contributed by atoms with van der Waals surface area (Å²) in [6.45, 7) is 0.267. The van der Waals surface area contributed by atoms with E-state index in [1.165, 1.54) is 36.5 Å². The predicted molar refractivity (Wildman–Crippen MR) is 104 cm³/mol. The second kappa shape index (κ2) is 8.91. The van der Waals surface area contributed by atoms with E-state index in [-0.39, 0.29) is 28.4 Å². The highest BCUT2D eigenvalue weighted by Crippen LogP contribution is 2.30. The van der Waals surface area contributed by atoms with E-state index < -0.39 is 24.7 Å². The molecule has 3 rings (SSSR count). The number of aromatic nitrogens is 1. The van der Waals surface area contributed by atoms with Crippen molar-refractivity contribution in [3.8, 4) is 5.75 Å². The van der Waals surface area contributed by atoms with Crippen LogP contribution in [-0.4, -0.2) is 29.6 Å². The van der Waals surface area contributed by atoms with Crippen LogP contribution in [-0.2, 0) is 4.79 Å². The van der Waals surface area contributed by atoms with E-state index in [1.54, 1.807) is 6.92 Å². The SMILES string of the molecule is CC(NC(=O)c1ccnc(NC(=O)C2CC2)c1)c1ccc(OCC(F)(F)F)cc1Cl. The van der Waals surface area contributed by atoms with Gasteiger partial charge in [-0.25, -0.2) is 4.98 Å². The number of alkyl halides is 3. The fourth-order valence-corrected chi connectivity index (χ4v) is 3.02. The van der Waals surface area contributed by atoms with E-state index in [2.05, 4.69) is 20.4 Å². The number of rotatable bonds is 7. The quantitative estimate of drug-likeness (QED) is 0.662. The maximum Gasteiger partial charge on any atom is 0.422 e. The molecule has 1 saturated carbocycles. The number of carbonyl (C=O) groups is 2. The summed E-state index contributed by atoms with van der Waals surface area (Å²) in [5, 5.41) is 5.60. The smallest absolute Gasteiger partial charge is 0.422 e. The minimum Gasteiger partial charge on any atom is -0.484 e. The first-order chi connectivity index (χ1) is 14.1. The van der Waals surface area contributed by atoms with Gasteiger partial charge in [-0.1, -0.05) is 17.7 Å². The second-order valence-electron chi connectivity index (χ2n) is 6.98. The molecule has 1 aliphatic carbocycles. The molecule has 2 amide bonds. The monoisotopic (exact) mass is 441 g/mol. The van der Waals surface area contributed by atoms with Crippen molar-refractivity contribution >= 4 is 29.2 Å². The second-order valence-corrected chi connectivity index (χ2v) is 7.38. The summed E-state index contributed by atoms with van der Waals surface area (Å²) in [6.07, 6.45) is -1.33. The molecule has 0 saturated heterocycles. The number of anilines is 1. The number of pyridine rings is 1.